The van der Waals surface area contributed by atoms with Crippen molar-refractivity contribution in [2.45, 2.75) is 25.0 Å². The molecule has 0 bridgehead atoms. The highest BCUT2D eigenvalue weighted by Crippen LogP contribution is 2.51. The van der Waals surface area contributed by atoms with E-state index in [1.54, 1.807) is 0 Å². The fourth-order valence-corrected chi connectivity index (χ4v) is 5.85. The van der Waals surface area contributed by atoms with Gasteiger partial charge in [-0.15, -0.1) is 0 Å². The maximum Gasteiger partial charge on any atom is 0.145 e. The van der Waals surface area contributed by atoms with Gasteiger partial charge in [-0.2, -0.15) is 0 Å². The minimum Gasteiger partial charge on any atom is -0.340 e. The van der Waals surface area contributed by atoms with Crippen molar-refractivity contribution in [3.05, 3.63) is 214 Å². The van der Waals surface area contributed by atoms with E-state index in [0.717, 1.165) is 33.4 Å². The molecule has 41 heavy (non-hydrogen) atoms. The average molecular weight is 531 g/mol. The zero-order chi connectivity index (χ0) is 28.1. The maximum atomic E-state index is 8.02. The van der Waals surface area contributed by atoms with Crippen molar-refractivity contribution in [3.8, 4) is 0 Å². The van der Waals surface area contributed by atoms with Gasteiger partial charge < -0.3 is 4.74 Å². The second-order valence-electron chi connectivity index (χ2n) is 10.7. The molecule has 0 spiro atoms. The maximum absolute atomic E-state index is 8.02. The lowest BCUT2D eigenvalue weighted by atomic mass is 9.75. The molecule has 6 aromatic carbocycles. The predicted molar refractivity (Wildman–Crippen MR) is 169 cm³/mol. The van der Waals surface area contributed by atoms with E-state index in [0.29, 0.717) is 0 Å². The van der Waals surface area contributed by atoms with Crippen LogP contribution in [0.4, 0.5) is 0 Å². The molecule has 0 radical (unpaired) electrons. The zero-order valence-corrected chi connectivity index (χ0v) is 23.6. The van der Waals surface area contributed by atoms with Gasteiger partial charge in [-0.3, -0.25) is 0 Å². The Bertz CT molecular complexity index is 1460. The van der Waals surface area contributed by atoms with Crippen molar-refractivity contribution in [1.29, 1.82) is 0 Å². The number of hydrogen-bond donors (Lipinski definition) is 0. The van der Waals surface area contributed by atoms with Gasteiger partial charge in [-0.05, 0) is 47.2 Å². The van der Waals surface area contributed by atoms with Gasteiger partial charge in [-0.25, -0.2) is 0 Å². The molecule has 0 atom stereocenters. The molecule has 6 rings (SSSR count). The van der Waals surface area contributed by atoms with E-state index in [-0.39, 0.29) is 0 Å². The highest BCUT2D eigenvalue weighted by molar-refractivity contribution is 5.53. The summed E-state index contributed by atoms with van der Waals surface area (Å²) >= 11 is 0. The Balaban J connectivity index is 1.76. The van der Waals surface area contributed by atoms with E-state index >= 15 is 0 Å². The average Bonchev–Trinajstić information content (AvgIpc) is 3.05. The highest BCUT2D eigenvalue weighted by atomic mass is 16.5. The molecule has 0 saturated heterocycles. The van der Waals surface area contributed by atoms with Crippen molar-refractivity contribution in [1.82, 2.24) is 0 Å². The summed E-state index contributed by atoms with van der Waals surface area (Å²) in [7, 11) is 0. The Morgan fingerprint density at radius 3 is 0.756 bits per heavy atom. The van der Waals surface area contributed by atoms with Crippen LogP contribution in [0.2, 0.25) is 0 Å². The molecule has 0 unspecified atom stereocenters. The molecular formula is C40H34O. The molecule has 0 aromatic heterocycles. The van der Waals surface area contributed by atoms with Crippen LogP contribution in [0.1, 0.15) is 44.5 Å². The van der Waals surface area contributed by atoms with Gasteiger partial charge in [0.1, 0.15) is 11.2 Å². The second kappa shape index (κ2) is 11.4. The molecule has 0 aliphatic rings. The topological polar surface area (TPSA) is 9.23 Å². The van der Waals surface area contributed by atoms with E-state index in [9.17, 15) is 0 Å². The lowest BCUT2D eigenvalue weighted by molar-refractivity contribution is -0.0810. The third kappa shape index (κ3) is 4.90. The number of rotatable bonds is 8. The van der Waals surface area contributed by atoms with Crippen molar-refractivity contribution in [2.75, 3.05) is 0 Å². The molecule has 1 heteroatoms. The Morgan fingerprint density at radius 2 is 0.512 bits per heavy atom. The van der Waals surface area contributed by atoms with Gasteiger partial charge in [0.25, 0.3) is 0 Å². The van der Waals surface area contributed by atoms with E-state index < -0.39 is 11.2 Å². The van der Waals surface area contributed by atoms with Gasteiger partial charge in [0, 0.05) is 0 Å². The first-order valence-corrected chi connectivity index (χ1v) is 14.2. The summed E-state index contributed by atoms with van der Waals surface area (Å²) in [6.07, 6.45) is 0. The van der Waals surface area contributed by atoms with Crippen LogP contribution in [0.15, 0.2) is 170 Å². The molecule has 0 saturated carbocycles. The molecule has 0 aliphatic carbocycles. The first-order chi connectivity index (χ1) is 20.1. The molecule has 0 fully saturated rings. The molecule has 200 valence electrons. The summed E-state index contributed by atoms with van der Waals surface area (Å²) in [5.74, 6) is 0. The summed E-state index contributed by atoms with van der Waals surface area (Å²) < 4.78 is 8.02. The third-order valence-corrected chi connectivity index (χ3v) is 7.94. The summed E-state index contributed by atoms with van der Waals surface area (Å²) in [5, 5.41) is 0. The molecule has 0 heterocycles. The van der Waals surface area contributed by atoms with Crippen LogP contribution in [-0.4, -0.2) is 0 Å². The smallest absolute Gasteiger partial charge is 0.145 e. The molecular weight excluding hydrogens is 496 g/mol. The van der Waals surface area contributed by atoms with Crippen LogP contribution in [0, 0.1) is 13.8 Å². The van der Waals surface area contributed by atoms with Crippen molar-refractivity contribution >= 4 is 0 Å². The highest BCUT2D eigenvalue weighted by Gasteiger charge is 2.48. The first kappa shape index (κ1) is 26.5. The van der Waals surface area contributed by atoms with Crippen molar-refractivity contribution in [3.63, 3.8) is 0 Å². The van der Waals surface area contributed by atoms with E-state index in [1.807, 2.05) is 0 Å². The van der Waals surface area contributed by atoms with Gasteiger partial charge in [0.05, 0.1) is 0 Å². The van der Waals surface area contributed by atoms with Crippen LogP contribution in [0.3, 0.4) is 0 Å². The monoisotopic (exact) mass is 530 g/mol. The number of aryl methyl sites for hydroxylation is 2. The van der Waals surface area contributed by atoms with Crippen LogP contribution < -0.4 is 0 Å². The number of hydrogen-bond acceptors (Lipinski definition) is 1. The SMILES string of the molecule is Cc1ccc(C(OC(c2ccccc2)(c2ccccc2)c2ccc(C)cc2)(c2ccccc2)c2ccccc2)cc1. The third-order valence-electron chi connectivity index (χ3n) is 7.94. The fraction of sp³-hybridized carbons (Fsp3) is 0.100. The largest absolute Gasteiger partial charge is 0.340 e. The minimum absolute atomic E-state index is 0.938. The second-order valence-corrected chi connectivity index (χ2v) is 10.7. The zero-order valence-electron chi connectivity index (χ0n) is 23.6. The van der Waals surface area contributed by atoms with Gasteiger partial charge in [0.2, 0.25) is 0 Å². The quantitative estimate of drug-likeness (QED) is 0.178. The van der Waals surface area contributed by atoms with E-state index in [4.69, 9.17) is 4.74 Å². The summed E-state index contributed by atoms with van der Waals surface area (Å²) in [6.45, 7) is 4.25. The molecule has 1 nitrogen and oxygen atoms in total. The number of benzene rings is 6. The Morgan fingerprint density at radius 1 is 0.293 bits per heavy atom. The van der Waals surface area contributed by atoms with Gasteiger partial charge in [0.15, 0.2) is 0 Å². The van der Waals surface area contributed by atoms with Crippen LogP contribution in [0.5, 0.6) is 0 Å². The van der Waals surface area contributed by atoms with Gasteiger partial charge >= 0.3 is 0 Å². The Hall–Kier alpha value is -4.72. The van der Waals surface area contributed by atoms with E-state index in [2.05, 4.69) is 184 Å². The van der Waals surface area contributed by atoms with Crippen LogP contribution in [-0.2, 0) is 15.9 Å². The molecule has 6 aromatic rings. The Labute approximate surface area is 243 Å². The lowest BCUT2D eigenvalue weighted by Crippen LogP contribution is -2.44. The fourth-order valence-electron chi connectivity index (χ4n) is 5.85. The summed E-state index contributed by atoms with van der Waals surface area (Å²) in [4.78, 5) is 0. The number of ether oxygens (including phenoxy) is 1. The minimum atomic E-state index is -0.938. The molecule has 0 aliphatic heterocycles. The summed E-state index contributed by atoms with van der Waals surface area (Å²) in [6, 6.07) is 60.1. The van der Waals surface area contributed by atoms with Crippen LogP contribution in [0.25, 0.3) is 0 Å². The van der Waals surface area contributed by atoms with Crippen LogP contribution >= 0.6 is 0 Å². The predicted octanol–water partition coefficient (Wildman–Crippen LogP) is 9.60. The van der Waals surface area contributed by atoms with Crippen molar-refractivity contribution in [2.24, 2.45) is 0 Å². The molecule has 0 N–H and O–H groups in total. The standard InChI is InChI=1S/C40H34O/c1-31-23-27-37(28-24-31)39(33-15-7-3-8-16-33,34-17-9-4-10-18-34)41-40(35-19-11-5-12-20-35,36-21-13-6-14-22-36)38-29-25-32(2)26-30-38/h3-30H,1-2H3. The lowest BCUT2D eigenvalue weighted by Gasteiger charge is -2.46. The van der Waals surface area contributed by atoms with Gasteiger partial charge in [-0.1, -0.05) is 181 Å². The molecule has 0 amide bonds. The normalized spacial score (nSPS) is 11.8. The summed E-state index contributed by atoms with van der Waals surface area (Å²) in [5.41, 5.74) is 6.96. The Kier molecular flexibility index (Phi) is 7.37. The van der Waals surface area contributed by atoms with E-state index in [1.165, 1.54) is 11.1 Å². The first-order valence-electron chi connectivity index (χ1n) is 14.2. The van der Waals surface area contributed by atoms with Crippen molar-refractivity contribution < 1.29 is 4.74 Å².